The maximum atomic E-state index is 10.2. The number of anilines is 1. The number of phenols is 2. The van der Waals surface area contributed by atoms with Crippen molar-refractivity contribution in [3.63, 3.8) is 0 Å². The van der Waals surface area contributed by atoms with E-state index in [1.807, 2.05) is 27.0 Å². The van der Waals surface area contributed by atoms with Crippen LogP contribution in [0.1, 0.15) is 36.6 Å². The SMILES string of the molecule is C=C(Nc1ccc2c(c1)cc(C)n2C)c1cc(C(C)C)c(O)cc1O. The Bertz CT molecular complexity index is 968. The van der Waals surface area contributed by atoms with Gasteiger partial charge in [-0.05, 0) is 48.7 Å². The van der Waals surface area contributed by atoms with Crippen molar-refractivity contribution in [3.8, 4) is 11.5 Å². The number of aryl methyl sites for hydroxylation is 2. The summed E-state index contributed by atoms with van der Waals surface area (Å²) in [6.45, 7) is 10.1. The number of rotatable bonds is 4. The van der Waals surface area contributed by atoms with Crippen LogP contribution in [-0.2, 0) is 7.05 Å². The molecule has 1 aromatic heterocycles. The molecule has 0 unspecified atom stereocenters. The first-order valence-corrected chi connectivity index (χ1v) is 8.36. The highest BCUT2D eigenvalue weighted by Crippen LogP contribution is 2.35. The third-order valence-corrected chi connectivity index (χ3v) is 4.67. The van der Waals surface area contributed by atoms with Crippen LogP contribution in [0.4, 0.5) is 5.69 Å². The second kappa shape index (κ2) is 6.20. The molecule has 0 aliphatic rings. The molecule has 0 aliphatic carbocycles. The lowest BCUT2D eigenvalue weighted by Gasteiger charge is -2.16. The van der Waals surface area contributed by atoms with Crippen molar-refractivity contribution in [1.29, 1.82) is 0 Å². The van der Waals surface area contributed by atoms with E-state index in [2.05, 4.69) is 41.6 Å². The van der Waals surface area contributed by atoms with Gasteiger partial charge in [0.25, 0.3) is 0 Å². The Kier molecular flexibility index (Phi) is 4.21. The largest absolute Gasteiger partial charge is 0.508 e. The number of hydrogen-bond donors (Lipinski definition) is 3. The summed E-state index contributed by atoms with van der Waals surface area (Å²) in [6, 6.07) is 11.4. The van der Waals surface area contributed by atoms with Gasteiger partial charge in [0.2, 0.25) is 0 Å². The molecule has 2 aromatic carbocycles. The Hall–Kier alpha value is -2.88. The highest BCUT2D eigenvalue weighted by Gasteiger charge is 2.14. The molecule has 3 rings (SSSR count). The van der Waals surface area contributed by atoms with Gasteiger partial charge in [-0.2, -0.15) is 0 Å². The van der Waals surface area contributed by atoms with Gasteiger partial charge in [0.05, 0.1) is 0 Å². The van der Waals surface area contributed by atoms with E-state index in [-0.39, 0.29) is 17.4 Å². The molecule has 0 saturated carbocycles. The topological polar surface area (TPSA) is 57.4 Å². The molecule has 3 N–H and O–H groups in total. The first-order valence-electron chi connectivity index (χ1n) is 8.36. The standard InChI is InChI=1S/C21H24N2O2/c1-12(2)17-10-18(21(25)11-20(17)24)14(4)22-16-6-7-19-15(9-16)8-13(3)23(19)5/h6-12,22,24-25H,4H2,1-3,5H3. The van der Waals surface area contributed by atoms with E-state index in [1.165, 1.54) is 17.3 Å². The van der Waals surface area contributed by atoms with Gasteiger partial charge in [-0.15, -0.1) is 0 Å². The highest BCUT2D eigenvalue weighted by molar-refractivity contribution is 5.88. The number of fused-ring (bicyclic) bond motifs is 1. The minimum absolute atomic E-state index is 0.0102. The van der Waals surface area contributed by atoms with Crippen molar-refractivity contribution >= 4 is 22.3 Å². The average Bonchev–Trinajstić information content (AvgIpc) is 2.81. The van der Waals surface area contributed by atoms with Gasteiger partial charge in [0.1, 0.15) is 11.5 Å². The van der Waals surface area contributed by atoms with Gasteiger partial charge < -0.3 is 20.1 Å². The lowest BCUT2D eigenvalue weighted by molar-refractivity contribution is 0.443. The number of aromatic nitrogens is 1. The quantitative estimate of drug-likeness (QED) is 0.621. The summed E-state index contributed by atoms with van der Waals surface area (Å²) in [6.07, 6.45) is 0. The van der Waals surface area contributed by atoms with E-state index in [0.717, 1.165) is 16.6 Å². The zero-order valence-electron chi connectivity index (χ0n) is 15.1. The summed E-state index contributed by atoms with van der Waals surface area (Å²) >= 11 is 0. The normalized spacial score (nSPS) is 11.2. The smallest absolute Gasteiger partial charge is 0.128 e. The van der Waals surface area contributed by atoms with E-state index in [4.69, 9.17) is 0 Å². The Morgan fingerprint density at radius 2 is 1.80 bits per heavy atom. The first-order chi connectivity index (χ1) is 11.8. The number of aromatic hydroxyl groups is 2. The first kappa shape index (κ1) is 17.0. The second-order valence-corrected chi connectivity index (χ2v) is 6.80. The van der Waals surface area contributed by atoms with Crippen LogP contribution in [0.5, 0.6) is 11.5 Å². The molecule has 4 nitrogen and oxygen atoms in total. The van der Waals surface area contributed by atoms with Gasteiger partial charge in [0, 0.05) is 46.7 Å². The number of benzene rings is 2. The highest BCUT2D eigenvalue weighted by atomic mass is 16.3. The maximum Gasteiger partial charge on any atom is 0.128 e. The van der Waals surface area contributed by atoms with Gasteiger partial charge in [0.15, 0.2) is 0 Å². The third kappa shape index (κ3) is 3.07. The van der Waals surface area contributed by atoms with Crippen molar-refractivity contribution in [2.45, 2.75) is 26.7 Å². The van der Waals surface area contributed by atoms with Crippen LogP contribution in [0.2, 0.25) is 0 Å². The van der Waals surface area contributed by atoms with Crippen LogP contribution in [0.3, 0.4) is 0 Å². The number of nitrogens with zero attached hydrogens (tertiary/aromatic N) is 1. The molecule has 0 spiro atoms. The van der Waals surface area contributed by atoms with Gasteiger partial charge in [-0.25, -0.2) is 0 Å². The van der Waals surface area contributed by atoms with Crippen LogP contribution in [0, 0.1) is 6.92 Å². The molecular formula is C21H24N2O2. The summed E-state index contributed by atoms with van der Waals surface area (Å²) in [7, 11) is 2.05. The van der Waals surface area contributed by atoms with Crippen molar-refractivity contribution in [1.82, 2.24) is 4.57 Å². The number of nitrogens with one attached hydrogen (secondary N) is 1. The summed E-state index contributed by atoms with van der Waals surface area (Å²) < 4.78 is 2.15. The summed E-state index contributed by atoms with van der Waals surface area (Å²) in [5.74, 6) is 0.261. The predicted molar refractivity (Wildman–Crippen MR) is 104 cm³/mol. The van der Waals surface area contributed by atoms with Crippen LogP contribution in [0.25, 0.3) is 16.6 Å². The van der Waals surface area contributed by atoms with Crippen molar-refractivity contribution in [2.75, 3.05) is 5.32 Å². The fourth-order valence-electron chi connectivity index (χ4n) is 3.10. The molecule has 0 saturated heterocycles. The summed E-state index contributed by atoms with van der Waals surface area (Å²) in [5.41, 5.74) is 5.23. The van der Waals surface area contributed by atoms with Crippen LogP contribution < -0.4 is 5.32 Å². The molecule has 0 amide bonds. The Morgan fingerprint density at radius 3 is 2.48 bits per heavy atom. The molecule has 1 heterocycles. The second-order valence-electron chi connectivity index (χ2n) is 6.80. The molecule has 4 heteroatoms. The third-order valence-electron chi connectivity index (χ3n) is 4.67. The molecule has 0 atom stereocenters. The summed E-state index contributed by atoms with van der Waals surface area (Å²) in [4.78, 5) is 0. The van der Waals surface area contributed by atoms with Crippen molar-refractivity contribution in [2.24, 2.45) is 7.05 Å². The minimum atomic E-state index is 0.0102. The van der Waals surface area contributed by atoms with E-state index < -0.39 is 0 Å². The number of phenolic OH excluding ortho intramolecular Hbond substituents is 2. The molecule has 0 fully saturated rings. The van der Waals surface area contributed by atoms with E-state index in [0.29, 0.717) is 11.3 Å². The van der Waals surface area contributed by atoms with Crippen molar-refractivity contribution < 1.29 is 10.2 Å². The van der Waals surface area contributed by atoms with Gasteiger partial charge in [-0.3, -0.25) is 0 Å². The molecule has 0 radical (unpaired) electrons. The van der Waals surface area contributed by atoms with Gasteiger partial charge >= 0.3 is 0 Å². The van der Waals surface area contributed by atoms with E-state index in [9.17, 15) is 10.2 Å². The molecule has 0 aliphatic heterocycles. The molecule has 130 valence electrons. The fraction of sp³-hybridized carbons (Fsp3) is 0.238. The van der Waals surface area contributed by atoms with Crippen LogP contribution in [-0.4, -0.2) is 14.8 Å². The minimum Gasteiger partial charge on any atom is -0.508 e. The Balaban J connectivity index is 1.93. The molecule has 25 heavy (non-hydrogen) atoms. The van der Waals surface area contributed by atoms with Crippen molar-refractivity contribution in [3.05, 3.63) is 59.8 Å². The predicted octanol–water partition coefficient (Wildman–Crippen LogP) is 5.10. The number of hydrogen-bond acceptors (Lipinski definition) is 3. The molecule has 0 bridgehead atoms. The molecule has 3 aromatic rings. The fourth-order valence-corrected chi connectivity index (χ4v) is 3.10. The summed E-state index contributed by atoms with van der Waals surface area (Å²) in [5, 5.41) is 24.6. The lowest BCUT2D eigenvalue weighted by Crippen LogP contribution is -2.00. The zero-order chi connectivity index (χ0) is 18.3. The Labute approximate surface area is 148 Å². The molecular weight excluding hydrogens is 312 g/mol. The van der Waals surface area contributed by atoms with Gasteiger partial charge in [-0.1, -0.05) is 20.4 Å². The zero-order valence-corrected chi connectivity index (χ0v) is 15.1. The monoisotopic (exact) mass is 336 g/mol. The maximum absolute atomic E-state index is 10.2. The lowest BCUT2D eigenvalue weighted by atomic mass is 9.98. The average molecular weight is 336 g/mol. The van der Waals surface area contributed by atoms with E-state index in [1.54, 1.807) is 6.07 Å². The van der Waals surface area contributed by atoms with Crippen LogP contribution >= 0.6 is 0 Å². The van der Waals surface area contributed by atoms with Crippen LogP contribution in [0.15, 0.2) is 43.0 Å². The van der Waals surface area contributed by atoms with E-state index >= 15 is 0 Å². The Morgan fingerprint density at radius 1 is 1.08 bits per heavy atom.